The molecule has 0 aliphatic heterocycles. The highest BCUT2D eigenvalue weighted by molar-refractivity contribution is 7.09. The van der Waals surface area contributed by atoms with Gasteiger partial charge >= 0.3 is 0 Å². The third-order valence-corrected chi connectivity index (χ3v) is 3.92. The maximum atomic E-state index is 5.62. The Labute approximate surface area is 88.7 Å². The standard InChI is InChI=1S/C10H17N3S/c11-13-10(9-6-12-7-14-9)8-4-2-1-3-5-8/h6-8,10,13H,1-5,11H2. The Balaban J connectivity index is 2.04. The number of hydrogen-bond acceptors (Lipinski definition) is 4. The van der Waals surface area contributed by atoms with Gasteiger partial charge in [0.15, 0.2) is 0 Å². The Morgan fingerprint density at radius 2 is 2.21 bits per heavy atom. The minimum atomic E-state index is 0.322. The van der Waals surface area contributed by atoms with Crippen LogP contribution >= 0.6 is 11.3 Å². The third-order valence-electron chi connectivity index (χ3n) is 3.06. The quantitative estimate of drug-likeness (QED) is 0.595. The zero-order valence-electron chi connectivity index (χ0n) is 8.28. The van der Waals surface area contributed by atoms with E-state index in [1.807, 2.05) is 11.7 Å². The first-order chi connectivity index (χ1) is 6.92. The van der Waals surface area contributed by atoms with Crippen LogP contribution in [0.25, 0.3) is 0 Å². The Kier molecular flexibility index (Phi) is 3.50. The van der Waals surface area contributed by atoms with Crippen LogP contribution in [0.1, 0.15) is 43.0 Å². The average molecular weight is 211 g/mol. The summed E-state index contributed by atoms with van der Waals surface area (Å²) < 4.78 is 0. The lowest BCUT2D eigenvalue weighted by Gasteiger charge is -2.28. The van der Waals surface area contributed by atoms with E-state index in [2.05, 4.69) is 10.4 Å². The maximum Gasteiger partial charge on any atom is 0.0794 e. The van der Waals surface area contributed by atoms with E-state index >= 15 is 0 Å². The largest absolute Gasteiger partial charge is 0.271 e. The number of aromatic nitrogens is 1. The Morgan fingerprint density at radius 1 is 1.43 bits per heavy atom. The van der Waals surface area contributed by atoms with Crippen molar-refractivity contribution < 1.29 is 0 Å². The lowest BCUT2D eigenvalue weighted by molar-refractivity contribution is 0.276. The summed E-state index contributed by atoms with van der Waals surface area (Å²) in [4.78, 5) is 5.39. The molecule has 0 aromatic carbocycles. The molecule has 0 radical (unpaired) electrons. The molecule has 0 amide bonds. The number of nitrogens with one attached hydrogen (secondary N) is 1. The van der Waals surface area contributed by atoms with Gasteiger partial charge in [0, 0.05) is 11.1 Å². The molecule has 1 heterocycles. The van der Waals surface area contributed by atoms with Gasteiger partial charge in [-0.3, -0.25) is 16.3 Å². The molecular weight excluding hydrogens is 194 g/mol. The first-order valence-electron chi connectivity index (χ1n) is 5.26. The van der Waals surface area contributed by atoms with Crippen LogP contribution in [-0.2, 0) is 0 Å². The molecule has 3 nitrogen and oxygen atoms in total. The van der Waals surface area contributed by atoms with E-state index in [1.54, 1.807) is 11.3 Å². The summed E-state index contributed by atoms with van der Waals surface area (Å²) in [6, 6.07) is 0.322. The molecule has 0 bridgehead atoms. The lowest BCUT2D eigenvalue weighted by atomic mass is 9.84. The first kappa shape index (κ1) is 10.1. The first-order valence-corrected chi connectivity index (χ1v) is 6.14. The van der Waals surface area contributed by atoms with E-state index in [4.69, 9.17) is 5.84 Å². The minimum Gasteiger partial charge on any atom is -0.271 e. The molecule has 2 rings (SSSR count). The molecule has 0 saturated heterocycles. The second-order valence-electron chi connectivity index (χ2n) is 3.95. The fourth-order valence-electron chi connectivity index (χ4n) is 2.30. The van der Waals surface area contributed by atoms with Crippen LogP contribution in [0, 0.1) is 5.92 Å². The predicted octanol–water partition coefficient (Wildman–Crippen LogP) is 2.23. The van der Waals surface area contributed by atoms with Crippen molar-refractivity contribution in [1.82, 2.24) is 10.4 Å². The molecule has 14 heavy (non-hydrogen) atoms. The molecule has 1 atom stereocenters. The monoisotopic (exact) mass is 211 g/mol. The van der Waals surface area contributed by atoms with Crippen LogP contribution in [0.5, 0.6) is 0 Å². The molecule has 3 N–H and O–H groups in total. The molecule has 1 aliphatic carbocycles. The summed E-state index contributed by atoms with van der Waals surface area (Å²) in [6.45, 7) is 0. The van der Waals surface area contributed by atoms with E-state index < -0.39 is 0 Å². The molecule has 1 fully saturated rings. The molecule has 1 aromatic heterocycles. The van der Waals surface area contributed by atoms with Gasteiger partial charge in [0.05, 0.1) is 11.6 Å². The Bertz CT molecular complexity index is 254. The molecular formula is C10H17N3S. The molecule has 78 valence electrons. The lowest BCUT2D eigenvalue weighted by Crippen LogP contribution is -2.34. The number of thiazole rings is 1. The second-order valence-corrected chi connectivity index (χ2v) is 4.86. The van der Waals surface area contributed by atoms with Gasteiger partial charge in [0.2, 0.25) is 0 Å². The molecule has 1 unspecified atom stereocenters. The van der Waals surface area contributed by atoms with E-state index in [-0.39, 0.29) is 0 Å². The zero-order chi connectivity index (χ0) is 9.80. The highest BCUT2D eigenvalue weighted by Crippen LogP contribution is 2.34. The van der Waals surface area contributed by atoms with Gasteiger partial charge < -0.3 is 0 Å². The van der Waals surface area contributed by atoms with Gasteiger partial charge in [-0.15, -0.1) is 11.3 Å². The average Bonchev–Trinajstić information content (AvgIpc) is 2.74. The van der Waals surface area contributed by atoms with Crippen molar-refractivity contribution in [3.05, 3.63) is 16.6 Å². The van der Waals surface area contributed by atoms with Gasteiger partial charge in [-0.25, -0.2) is 0 Å². The normalized spacial score (nSPS) is 20.9. The molecule has 1 saturated carbocycles. The van der Waals surface area contributed by atoms with Crippen molar-refractivity contribution in [2.24, 2.45) is 11.8 Å². The SMILES string of the molecule is NNC(c1cncs1)C1CCCCC1. The fraction of sp³-hybridized carbons (Fsp3) is 0.700. The van der Waals surface area contributed by atoms with E-state index in [0.717, 1.165) is 0 Å². The molecule has 1 aliphatic rings. The highest BCUT2D eigenvalue weighted by atomic mass is 32.1. The number of nitrogens with two attached hydrogens (primary N) is 1. The van der Waals surface area contributed by atoms with E-state index in [0.29, 0.717) is 12.0 Å². The Hall–Kier alpha value is -0.450. The van der Waals surface area contributed by atoms with Crippen molar-refractivity contribution in [2.45, 2.75) is 38.1 Å². The minimum absolute atomic E-state index is 0.322. The summed E-state index contributed by atoms with van der Waals surface area (Å²) in [5, 5.41) is 0. The smallest absolute Gasteiger partial charge is 0.0794 e. The fourth-order valence-corrected chi connectivity index (χ4v) is 3.07. The highest BCUT2D eigenvalue weighted by Gasteiger charge is 2.24. The van der Waals surface area contributed by atoms with E-state index in [9.17, 15) is 0 Å². The number of nitrogens with zero attached hydrogens (tertiary/aromatic N) is 1. The van der Waals surface area contributed by atoms with Crippen LogP contribution in [0.3, 0.4) is 0 Å². The zero-order valence-corrected chi connectivity index (χ0v) is 9.09. The summed E-state index contributed by atoms with van der Waals surface area (Å²) in [5.41, 5.74) is 4.82. The topological polar surface area (TPSA) is 50.9 Å². The summed E-state index contributed by atoms with van der Waals surface area (Å²) >= 11 is 1.70. The van der Waals surface area contributed by atoms with Gasteiger partial charge in [0.25, 0.3) is 0 Å². The van der Waals surface area contributed by atoms with Gasteiger partial charge in [-0.05, 0) is 18.8 Å². The van der Waals surface area contributed by atoms with Crippen molar-refractivity contribution >= 4 is 11.3 Å². The van der Waals surface area contributed by atoms with Crippen molar-refractivity contribution in [2.75, 3.05) is 0 Å². The summed E-state index contributed by atoms with van der Waals surface area (Å²) in [6.07, 6.45) is 8.61. The summed E-state index contributed by atoms with van der Waals surface area (Å²) in [5.74, 6) is 6.33. The molecule has 4 heteroatoms. The third kappa shape index (κ3) is 2.13. The molecule has 1 aromatic rings. The van der Waals surface area contributed by atoms with Crippen molar-refractivity contribution in [1.29, 1.82) is 0 Å². The van der Waals surface area contributed by atoms with Crippen molar-refractivity contribution in [3.63, 3.8) is 0 Å². The number of hydrogen-bond donors (Lipinski definition) is 2. The van der Waals surface area contributed by atoms with Crippen LogP contribution in [0.4, 0.5) is 0 Å². The predicted molar refractivity (Wildman–Crippen MR) is 58.8 cm³/mol. The van der Waals surface area contributed by atoms with Gasteiger partial charge in [-0.2, -0.15) is 0 Å². The number of rotatable bonds is 3. The maximum absolute atomic E-state index is 5.62. The van der Waals surface area contributed by atoms with Crippen molar-refractivity contribution in [3.8, 4) is 0 Å². The van der Waals surface area contributed by atoms with Crippen LogP contribution in [0.2, 0.25) is 0 Å². The van der Waals surface area contributed by atoms with Gasteiger partial charge in [0.1, 0.15) is 0 Å². The Morgan fingerprint density at radius 3 is 2.79 bits per heavy atom. The molecule has 0 spiro atoms. The number of hydrazine groups is 1. The summed E-state index contributed by atoms with van der Waals surface area (Å²) in [7, 11) is 0. The van der Waals surface area contributed by atoms with Crippen LogP contribution in [0.15, 0.2) is 11.7 Å². The van der Waals surface area contributed by atoms with Crippen LogP contribution < -0.4 is 11.3 Å². The second kappa shape index (κ2) is 4.87. The van der Waals surface area contributed by atoms with E-state index in [1.165, 1.54) is 37.0 Å². The van der Waals surface area contributed by atoms with Crippen LogP contribution in [-0.4, -0.2) is 4.98 Å². The van der Waals surface area contributed by atoms with Gasteiger partial charge in [-0.1, -0.05) is 19.3 Å².